The van der Waals surface area contributed by atoms with Gasteiger partial charge in [0.1, 0.15) is 0 Å². The molecule has 2 N–H and O–H groups in total. The predicted molar refractivity (Wildman–Crippen MR) is 90.3 cm³/mol. The van der Waals surface area contributed by atoms with Crippen molar-refractivity contribution in [3.05, 3.63) is 40.9 Å². The van der Waals surface area contributed by atoms with Gasteiger partial charge in [-0.1, -0.05) is 35.0 Å². The van der Waals surface area contributed by atoms with Gasteiger partial charge in [-0.2, -0.15) is 0 Å². The molecule has 0 saturated carbocycles. The lowest BCUT2D eigenvalue weighted by atomic mass is 10.1. The molecule has 1 rings (SSSR count). The Labute approximate surface area is 130 Å². The van der Waals surface area contributed by atoms with Crippen LogP contribution in [0.2, 0.25) is 0 Å². The Hall–Kier alpha value is -0.840. The van der Waals surface area contributed by atoms with Gasteiger partial charge >= 0.3 is 0 Å². The van der Waals surface area contributed by atoms with Crippen molar-refractivity contribution in [1.82, 2.24) is 5.32 Å². The lowest BCUT2D eigenvalue weighted by Crippen LogP contribution is -2.27. The first-order valence-corrected chi connectivity index (χ1v) is 7.92. The highest BCUT2D eigenvalue weighted by molar-refractivity contribution is 9.10. The summed E-state index contributed by atoms with van der Waals surface area (Å²) in [5, 5.41) is 12.6. The van der Waals surface area contributed by atoms with Gasteiger partial charge in [0, 0.05) is 29.3 Å². The van der Waals surface area contributed by atoms with Crippen molar-refractivity contribution in [2.75, 3.05) is 31.1 Å². The first-order chi connectivity index (χ1) is 9.63. The monoisotopic (exact) mass is 340 g/mol. The minimum absolute atomic E-state index is 0.141. The molecule has 0 aromatic heterocycles. The van der Waals surface area contributed by atoms with E-state index in [1.54, 1.807) is 0 Å². The molecule has 4 heteroatoms. The molecule has 1 unspecified atom stereocenters. The van der Waals surface area contributed by atoms with E-state index in [0.717, 1.165) is 29.7 Å². The summed E-state index contributed by atoms with van der Waals surface area (Å²) in [6, 6.07) is 6.67. The fourth-order valence-electron chi connectivity index (χ4n) is 2.14. The number of benzene rings is 1. The number of aliphatic hydroxyl groups is 1. The second kappa shape index (κ2) is 9.16. The molecule has 0 aliphatic heterocycles. The normalized spacial score (nSPS) is 12.2. The molecule has 0 radical (unpaired) electrons. The van der Waals surface area contributed by atoms with Gasteiger partial charge in [-0.25, -0.2) is 0 Å². The molecule has 0 amide bonds. The van der Waals surface area contributed by atoms with Gasteiger partial charge in [-0.3, -0.25) is 0 Å². The minimum Gasteiger partial charge on any atom is -0.395 e. The van der Waals surface area contributed by atoms with Gasteiger partial charge in [0.05, 0.1) is 6.61 Å². The van der Waals surface area contributed by atoms with Crippen LogP contribution in [0.4, 0.5) is 5.69 Å². The standard InChI is InChI=1S/C16H25BrN2O/c1-4-8-18-13(3)15-7-6-14(12-16(15)17)19(9-5-2)10-11-20/h5-7,12-13,18,20H,2,4,8-11H2,1,3H3. The maximum Gasteiger partial charge on any atom is 0.0606 e. The van der Waals surface area contributed by atoms with Crippen molar-refractivity contribution >= 4 is 21.6 Å². The van der Waals surface area contributed by atoms with Crippen molar-refractivity contribution in [3.8, 4) is 0 Å². The summed E-state index contributed by atoms with van der Waals surface area (Å²) in [7, 11) is 0. The van der Waals surface area contributed by atoms with Gasteiger partial charge < -0.3 is 15.3 Å². The average Bonchev–Trinajstić information content (AvgIpc) is 2.44. The third-order valence-electron chi connectivity index (χ3n) is 3.24. The molecule has 0 bridgehead atoms. The molecule has 1 aromatic rings. The second-order valence-corrected chi connectivity index (χ2v) is 5.69. The molecule has 112 valence electrons. The van der Waals surface area contributed by atoms with Crippen LogP contribution in [0.3, 0.4) is 0 Å². The van der Waals surface area contributed by atoms with Crippen LogP contribution in [0.25, 0.3) is 0 Å². The first-order valence-electron chi connectivity index (χ1n) is 7.13. The smallest absolute Gasteiger partial charge is 0.0606 e. The van der Waals surface area contributed by atoms with Crippen LogP contribution >= 0.6 is 15.9 Å². The van der Waals surface area contributed by atoms with E-state index in [4.69, 9.17) is 5.11 Å². The molecule has 0 aliphatic carbocycles. The summed E-state index contributed by atoms with van der Waals surface area (Å²) in [6.45, 7) is 10.6. The summed E-state index contributed by atoms with van der Waals surface area (Å²) in [5.41, 5.74) is 2.35. The van der Waals surface area contributed by atoms with E-state index < -0.39 is 0 Å². The minimum atomic E-state index is 0.141. The maximum absolute atomic E-state index is 9.14. The predicted octanol–water partition coefficient (Wildman–Crippen LogP) is 3.49. The highest BCUT2D eigenvalue weighted by Crippen LogP contribution is 2.28. The summed E-state index contributed by atoms with van der Waals surface area (Å²) in [6.07, 6.45) is 2.98. The molecule has 1 atom stereocenters. The molecular weight excluding hydrogens is 316 g/mol. The first kappa shape index (κ1) is 17.2. The molecule has 3 nitrogen and oxygen atoms in total. The molecule has 0 fully saturated rings. The van der Waals surface area contributed by atoms with Crippen molar-refractivity contribution < 1.29 is 5.11 Å². The molecule has 20 heavy (non-hydrogen) atoms. The van der Waals surface area contributed by atoms with Crippen molar-refractivity contribution in [2.24, 2.45) is 0 Å². The largest absolute Gasteiger partial charge is 0.395 e. The van der Waals surface area contributed by atoms with Gasteiger partial charge in [0.2, 0.25) is 0 Å². The van der Waals surface area contributed by atoms with Gasteiger partial charge in [0.25, 0.3) is 0 Å². The zero-order chi connectivity index (χ0) is 15.0. The van der Waals surface area contributed by atoms with Crippen molar-refractivity contribution in [2.45, 2.75) is 26.3 Å². The molecule has 0 spiro atoms. The molecule has 0 heterocycles. The Morgan fingerprint density at radius 2 is 2.25 bits per heavy atom. The number of nitrogens with one attached hydrogen (secondary N) is 1. The lowest BCUT2D eigenvalue weighted by molar-refractivity contribution is 0.303. The number of rotatable bonds is 9. The van der Waals surface area contributed by atoms with E-state index in [-0.39, 0.29) is 6.61 Å². The fraction of sp³-hybridized carbons (Fsp3) is 0.500. The molecular formula is C16H25BrN2O. The van der Waals surface area contributed by atoms with Crippen LogP contribution in [-0.2, 0) is 0 Å². The number of nitrogens with zero attached hydrogens (tertiary/aromatic N) is 1. The number of hydrogen-bond donors (Lipinski definition) is 2. The van der Waals surface area contributed by atoms with Gasteiger partial charge in [-0.05, 0) is 37.6 Å². The third-order valence-corrected chi connectivity index (χ3v) is 3.92. The van der Waals surface area contributed by atoms with Crippen LogP contribution < -0.4 is 10.2 Å². The number of halogens is 1. The van der Waals surface area contributed by atoms with E-state index in [2.05, 4.69) is 64.8 Å². The highest BCUT2D eigenvalue weighted by atomic mass is 79.9. The van der Waals surface area contributed by atoms with Crippen LogP contribution in [-0.4, -0.2) is 31.3 Å². The zero-order valence-electron chi connectivity index (χ0n) is 12.4. The Kier molecular flexibility index (Phi) is 7.88. The topological polar surface area (TPSA) is 35.5 Å². The number of aliphatic hydroxyl groups excluding tert-OH is 1. The quantitative estimate of drug-likeness (QED) is 0.675. The Morgan fingerprint density at radius 3 is 2.80 bits per heavy atom. The van der Waals surface area contributed by atoms with E-state index in [1.165, 1.54) is 5.56 Å². The van der Waals surface area contributed by atoms with Crippen LogP contribution in [0.15, 0.2) is 35.3 Å². The molecule has 0 saturated heterocycles. The zero-order valence-corrected chi connectivity index (χ0v) is 14.0. The van der Waals surface area contributed by atoms with Crippen LogP contribution in [0.5, 0.6) is 0 Å². The highest BCUT2D eigenvalue weighted by Gasteiger charge is 2.11. The Balaban J connectivity index is 2.87. The van der Waals surface area contributed by atoms with E-state index in [0.29, 0.717) is 12.6 Å². The second-order valence-electron chi connectivity index (χ2n) is 4.84. The molecule has 0 aliphatic rings. The van der Waals surface area contributed by atoms with Gasteiger partial charge in [0.15, 0.2) is 0 Å². The lowest BCUT2D eigenvalue weighted by Gasteiger charge is -2.24. The van der Waals surface area contributed by atoms with Crippen LogP contribution in [0.1, 0.15) is 31.9 Å². The summed E-state index contributed by atoms with van der Waals surface area (Å²) >= 11 is 3.66. The van der Waals surface area contributed by atoms with Crippen LogP contribution in [0, 0.1) is 0 Å². The van der Waals surface area contributed by atoms with E-state index >= 15 is 0 Å². The van der Waals surface area contributed by atoms with Crippen molar-refractivity contribution in [3.63, 3.8) is 0 Å². The third kappa shape index (κ3) is 4.93. The fourth-order valence-corrected chi connectivity index (χ4v) is 2.85. The van der Waals surface area contributed by atoms with Gasteiger partial charge in [-0.15, -0.1) is 6.58 Å². The van der Waals surface area contributed by atoms with Crippen molar-refractivity contribution in [1.29, 1.82) is 0 Å². The summed E-state index contributed by atoms with van der Waals surface area (Å²) < 4.78 is 1.10. The SMILES string of the molecule is C=CCN(CCO)c1ccc(C(C)NCCC)c(Br)c1. The Bertz CT molecular complexity index is 423. The number of hydrogen-bond acceptors (Lipinski definition) is 3. The summed E-state index contributed by atoms with van der Waals surface area (Å²) in [4.78, 5) is 2.10. The van der Waals surface area contributed by atoms with E-state index in [9.17, 15) is 0 Å². The number of anilines is 1. The maximum atomic E-state index is 9.14. The Morgan fingerprint density at radius 1 is 1.50 bits per heavy atom. The average molecular weight is 341 g/mol. The van der Waals surface area contributed by atoms with E-state index in [1.807, 2.05) is 6.08 Å². The molecule has 1 aromatic carbocycles. The summed E-state index contributed by atoms with van der Waals surface area (Å²) in [5.74, 6) is 0.